The van der Waals surface area contributed by atoms with Gasteiger partial charge in [0, 0.05) is 13.1 Å². The summed E-state index contributed by atoms with van der Waals surface area (Å²) in [5, 5.41) is 1.47. The van der Waals surface area contributed by atoms with E-state index in [4.69, 9.17) is 0 Å². The van der Waals surface area contributed by atoms with E-state index < -0.39 is 15.1 Å². The first-order valence-corrected chi connectivity index (χ1v) is 9.63. The highest BCUT2D eigenvalue weighted by molar-refractivity contribution is 7.92. The van der Waals surface area contributed by atoms with Crippen LogP contribution in [0.1, 0.15) is 22.5 Å². The van der Waals surface area contributed by atoms with Gasteiger partial charge in [0.25, 0.3) is 5.91 Å². The van der Waals surface area contributed by atoms with E-state index in [1.165, 1.54) is 11.3 Å². The summed E-state index contributed by atoms with van der Waals surface area (Å²) in [6.07, 6.45) is 0.989. The number of amides is 1. The maximum Gasteiger partial charge on any atom is 0.263 e. The largest absolute Gasteiger partial charge is 0.338 e. The fraction of sp³-hybridized carbons (Fsp3) is 0.312. The highest BCUT2D eigenvalue weighted by Crippen LogP contribution is 2.25. The molecule has 0 N–H and O–H groups in total. The Morgan fingerprint density at radius 1 is 1.05 bits per heavy atom. The van der Waals surface area contributed by atoms with Gasteiger partial charge in [-0.05, 0) is 36.4 Å². The zero-order valence-electron chi connectivity index (χ0n) is 12.0. The van der Waals surface area contributed by atoms with Crippen LogP contribution in [-0.2, 0) is 9.84 Å². The highest BCUT2D eigenvalue weighted by atomic mass is 32.2. The van der Waals surface area contributed by atoms with Gasteiger partial charge in [-0.2, -0.15) is 0 Å². The number of thiophene rings is 1. The van der Waals surface area contributed by atoms with Crippen LogP contribution in [0, 0.1) is 0 Å². The molecule has 0 bridgehead atoms. The van der Waals surface area contributed by atoms with Gasteiger partial charge in [0.1, 0.15) is 0 Å². The first kappa shape index (κ1) is 15.2. The standard InChI is InChI=1S/C16H17NO3S2/c18-16(15-7-4-12-21-15)17-10-8-14(9-11-17)22(19,20)13-5-2-1-3-6-13/h1-7,12,14H,8-11H2. The van der Waals surface area contributed by atoms with Gasteiger partial charge < -0.3 is 4.90 Å². The maximum absolute atomic E-state index is 12.6. The molecule has 1 aromatic carbocycles. The minimum Gasteiger partial charge on any atom is -0.338 e. The molecule has 3 rings (SSSR count). The van der Waals surface area contributed by atoms with Crippen molar-refractivity contribution in [3.05, 3.63) is 52.7 Å². The number of carbonyl (C=O) groups excluding carboxylic acids is 1. The minimum absolute atomic E-state index is 0.00515. The maximum atomic E-state index is 12.6. The van der Waals surface area contributed by atoms with Crippen LogP contribution in [0.2, 0.25) is 0 Å². The lowest BCUT2D eigenvalue weighted by Gasteiger charge is -2.31. The predicted octanol–water partition coefficient (Wildman–Crippen LogP) is 2.83. The molecule has 0 aliphatic carbocycles. The summed E-state index contributed by atoms with van der Waals surface area (Å²) in [5.74, 6) is 0.00515. The number of likely N-dealkylation sites (tertiary alicyclic amines) is 1. The molecular formula is C16H17NO3S2. The molecule has 0 radical (unpaired) electrons. The third-order valence-corrected chi connectivity index (χ3v) is 7.11. The van der Waals surface area contributed by atoms with Crippen LogP contribution in [-0.4, -0.2) is 37.6 Å². The predicted molar refractivity (Wildman–Crippen MR) is 86.9 cm³/mol. The van der Waals surface area contributed by atoms with E-state index in [1.54, 1.807) is 41.3 Å². The van der Waals surface area contributed by atoms with E-state index in [0.717, 1.165) is 0 Å². The van der Waals surface area contributed by atoms with Gasteiger partial charge in [0.2, 0.25) is 0 Å². The molecule has 0 saturated carbocycles. The summed E-state index contributed by atoms with van der Waals surface area (Å²) >= 11 is 1.42. The van der Waals surface area contributed by atoms with Crippen molar-refractivity contribution in [1.82, 2.24) is 4.90 Å². The lowest BCUT2D eigenvalue weighted by atomic mass is 10.1. The van der Waals surface area contributed by atoms with Crippen LogP contribution < -0.4 is 0 Å². The molecule has 1 amide bonds. The van der Waals surface area contributed by atoms with Crippen LogP contribution in [0.3, 0.4) is 0 Å². The summed E-state index contributed by atoms with van der Waals surface area (Å²) in [7, 11) is -3.30. The number of benzene rings is 1. The van der Waals surface area contributed by atoms with Crippen molar-refractivity contribution in [2.45, 2.75) is 23.0 Å². The summed E-state index contributed by atoms with van der Waals surface area (Å²) in [6.45, 7) is 0.987. The number of sulfone groups is 1. The van der Waals surface area contributed by atoms with Crippen molar-refractivity contribution in [2.75, 3.05) is 13.1 Å². The number of piperidine rings is 1. The molecule has 116 valence electrons. The summed E-state index contributed by atoms with van der Waals surface area (Å²) in [5.41, 5.74) is 0. The Morgan fingerprint density at radius 2 is 1.73 bits per heavy atom. The fourth-order valence-corrected chi connectivity index (χ4v) is 5.17. The van der Waals surface area contributed by atoms with E-state index in [1.807, 2.05) is 11.4 Å². The van der Waals surface area contributed by atoms with Crippen molar-refractivity contribution in [1.29, 1.82) is 0 Å². The molecule has 1 aliphatic heterocycles. The minimum atomic E-state index is -3.30. The van der Waals surface area contributed by atoms with Crippen molar-refractivity contribution in [2.24, 2.45) is 0 Å². The van der Waals surface area contributed by atoms with E-state index in [2.05, 4.69) is 0 Å². The zero-order chi connectivity index (χ0) is 15.6. The zero-order valence-corrected chi connectivity index (χ0v) is 13.6. The van der Waals surface area contributed by atoms with Crippen molar-refractivity contribution < 1.29 is 13.2 Å². The van der Waals surface area contributed by atoms with Gasteiger partial charge in [-0.25, -0.2) is 8.42 Å². The number of nitrogens with zero attached hydrogens (tertiary/aromatic N) is 1. The number of hydrogen-bond acceptors (Lipinski definition) is 4. The first-order valence-electron chi connectivity index (χ1n) is 7.21. The second kappa shape index (κ2) is 6.22. The van der Waals surface area contributed by atoms with Crippen molar-refractivity contribution in [3.63, 3.8) is 0 Å². The molecule has 0 atom stereocenters. The second-order valence-corrected chi connectivity index (χ2v) is 8.50. The van der Waals surface area contributed by atoms with Gasteiger partial charge in [-0.15, -0.1) is 11.3 Å². The average molecular weight is 335 g/mol. The van der Waals surface area contributed by atoms with Gasteiger partial charge >= 0.3 is 0 Å². The monoisotopic (exact) mass is 335 g/mol. The first-order chi connectivity index (χ1) is 10.6. The second-order valence-electron chi connectivity index (χ2n) is 5.33. The van der Waals surface area contributed by atoms with E-state index >= 15 is 0 Å². The molecular weight excluding hydrogens is 318 g/mol. The lowest BCUT2D eigenvalue weighted by molar-refractivity contribution is 0.0730. The van der Waals surface area contributed by atoms with E-state index in [-0.39, 0.29) is 5.91 Å². The Bertz CT molecular complexity index is 731. The molecule has 0 unspecified atom stereocenters. The molecule has 4 nitrogen and oxygen atoms in total. The SMILES string of the molecule is O=C(c1cccs1)N1CCC(S(=O)(=O)c2ccccc2)CC1. The smallest absolute Gasteiger partial charge is 0.263 e. The molecule has 0 spiro atoms. The molecule has 6 heteroatoms. The van der Waals surface area contributed by atoms with Crippen LogP contribution in [0.5, 0.6) is 0 Å². The van der Waals surface area contributed by atoms with Gasteiger partial charge in [0.05, 0.1) is 15.0 Å². The Labute approximate surface area is 134 Å². The quantitative estimate of drug-likeness (QED) is 0.867. The third-order valence-electron chi connectivity index (χ3n) is 3.97. The summed E-state index contributed by atoms with van der Waals surface area (Å²) in [4.78, 5) is 15.1. The normalized spacial score (nSPS) is 16.6. The fourth-order valence-electron chi connectivity index (χ4n) is 2.73. The van der Waals surface area contributed by atoms with Crippen LogP contribution >= 0.6 is 11.3 Å². The topological polar surface area (TPSA) is 54.5 Å². The molecule has 1 fully saturated rings. The third kappa shape index (κ3) is 2.94. The van der Waals surface area contributed by atoms with E-state index in [0.29, 0.717) is 35.7 Å². The van der Waals surface area contributed by atoms with Crippen LogP contribution in [0.15, 0.2) is 52.7 Å². The average Bonchev–Trinajstić information content (AvgIpc) is 3.09. The molecule has 1 aromatic heterocycles. The van der Waals surface area contributed by atoms with E-state index in [9.17, 15) is 13.2 Å². The van der Waals surface area contributed by atoms with Gasteiger partial charge in [0.15, 0.2) is 9.84 Å². The number of hydrogen-bond donors (Lipinski definition) is 0. The Kier molecular flexibility index (Phi) is 4.31. The Balaban J connectivity index is 1.68. The molecule has 2 heterocycles. The number of carbonyl (C=O) groups is 1. The highest BCUT2D eigenvalue weighted by Gasteiger charge is 2.32. The molecule has 22 heavy (non-hydrogen) atoms. The lowest BCUT2D eigenvalue weighted by Crippen LogP contribution is -2.42. The molecule has 1 aliphatic rings. The molecule has 2 aromatic rings. The molecule has 1 saturated heterocycles. The van der Waals surface area contributed by atoms with Crippen molar-refractivity contribution >= 4 is 27.1 Å². The van der Waals surface area contributed by atoms with Gasteiger partial charge in [-0.1, -0.05) is 24.3 Å². The van der Waals surface area contributed by atoms with Crippen LogP contribution in [0.4, 0.5) is 0 Å². The summed E-state index contributed by atoms with van der Waals surface area (Å²) < 4.78 is 25.2. The van der Waals surface area contributed by atoms with Crippen LogP contribution in [0.25, 0.3) is 0 Å². The summed E-state index contributed by atoms with van der Waals surface area (Å²) in [6, 6.07) is 12.2. The Morgan fingerprint density at radius 3 is 2.32 bits per heavy atom. The van der Waals surface area contributed by atoms with Gasteiger partial charge in [-0.3, -0.25) is 4.79 Å². The number of rotatable bonds is 3. The Hall–Kier alpha value is -1.66. The van der Waals surface area contributed by atoms with Crippen molar-refractivity contribution in [3.8, 4) is 0 Å².